The van der Waals surface area contributed by atoms with Gasteiger partial charge in [-0.3, -0.25) is 0 Å². The van der Waals surface area contributed by atoms with Crippen molar-refractivity contribution >= 4 is 0 Å². The standard InChI is InChI=1S/C25H30O3/c26-23-20-10-6-2-5-9-19(15-16-7-3-1-4-8-16)24(20)28-25(27)22(23)21(17-11-12-17)18-13-14-18/h1,3-4,7-8,17-19,21,26H,2,5-6,9-15H2. The van der Waals surface area contributed by atoms with Crippen LogP contribution in [0.2, 0.25) is 0 Å². The number of hydrogen-bond donors (Lipinski definition) is 1. The first-order chi connectivity index (χ1) is 13.7. The van der Waals surface area contributed by atoms with E-state index in [4.69, 9.17) is 4.42 Å². The van der Waals surface area contributed by atoms with Gasteiger partial charge in [-0.25, -0.2) is 4.79 Å². The van der Waals surface area contributed by atoms with Crippen LogP contribution in [-0.4, -0.2) is 5.11 Å². The van der Waals surface area contributed by atoms with Crippen molar-refractivity contribution < 1.29 is 9.52 Å². The molecule has 0 amide bonds. The minimum absolute atomic E-state index is 0.172. The molecule has 2 fully saturated rings. The molecule has 1 unspecified atom stereocenters. The van der Waals surface area contributed by atoms with Crippen molar-refractivity contribution in [1.82, 2.24) is 0 Å². The third-order valence-electron chi connectivity index (χ3n) is 7.03. The number of benzene rings is 1. The van der Waals surface area contributed by atoms with Crippen molar-refractivity contribution in [2.45, 2.75) is 76.0 Å². The lowest BCUT2D eigenvalue weighted by atomic mass is 9.83. The zero-order chi connectivity index (χ0) is 19.1. The van der Waals surface area contributed by atoms with E-state index in [9.17, 15) is 9.90 Å². The molecule has 1 aromatic heterocycles. The molecule has 3 nitrogen and oxygen atoms in total. The number of hydrogen-bond acceptors (Lipinski definition) is 3. The molecule has 3 heteroatoms. The topological polar surface area (TPSA) is 50.4 Å². The molecular formula is C25H30O3. The van der Waals surface area contributed by atoms with Gasteiger partial charge < -0.3 is 9.52 Å². The van der Waals surface area contributed by atoms with Gasteiger partial charge >= 0.3 is 5.63 Å². The largest absolute Gasteiger partial charge is 0.507 e. The smallest absolute Gasteiger partial charge is 0.343 e. The molecule has 5 rings (SSSR count). The van der Waals surface area contributed by atoms with Gasteiger partial charge in [0.15, 0.2) is 0 Å². The van der Waals surface area contributed by atoms with Gasteiger partial charge in [0.2, 0.25) is 0 Å². The minimum atomic E-state index is -0.265. The Labute approximate surface area is 166 Å². The Kier molecular flexibility index (Phi) is 4.78. The highest BCUT2D eigenvalue weighted by molar-refractivity contribution is 5.45. The molecule has 1 heterocycles. The van der Waals surface area contributed by atoms with Crippen molar-refractivity contribution in [2.75, 3.05) is 0 Å². The molecule has 28 heavy (non-hydrogen) atoms. The quantitative estimate of drug-likeness (QED) is 0.727. The second-order valence-electron chi connectivity index (χ2n) is 9.18. The molecule has 3 aliphatic carbocycles. The molecule has 148 valence electrons. The lowest BCUT2D eigenvalue weighted by Crippen LogP contribution is -2.21. The summed E-state index contributed by atoms with van der Waals surface area (Å²) in [4.78, 5) is 13.1. The lowest BCUT2D eigenvalue weighted by Gasteiger charge is -2.25. The van der Waals surface area contributed by atoms with Crippen LogP contribution in [-0.2, 0) is 12.8 Å². The zero-order valence-electron chi connectivity index (χ0n) is 16.5. The summed E-state index contributed by atoms with van der Waals surface area (Å²) in [6.07, 6.45) is 10.8. The first-order valence-corrected chi connectivity index (χ1v) is 11.1. The van der Waals surface area contributed by atoms with Gasteiger partial charge in [0, 0.05) is 17.4 Å². The molecule has 2 aromatic rings. The van der Waals surface area contributed by atoms with Gasteiger partial charge in [-0.2, -0.15) is 0 Å². The van der Waals surface area contributed by atoms with E-state index in [1.807, 2.05) is 6.07 Å². The SMILES string of the molecule is O=c1oc2c(c(O)c1C(C1CC1)C1CC1)CCCCCC2Cc1ccccc1. The van der Waals surface area contributed by atoms with Crippen molar-refractivity contribution in [2.24, 2.45) is 11.8 Å². The summed E-state index contributed by atoms with van der Waals surface area (Å²) >= 11 is 0. The molecular weight excluding hydrogens is 348 g/mol. The summed E-state index contributed by atoms with van der Waals surface area (Å²) in [5, 5.41) is 11.3. The maximum Gasteiger partial charge on any atom is 0.343 e. The first kappa shape index (κ1) is 18.0. The average Bonchev–Trinajstić information content (AvgIpc) is 3.58. The van der Waals surface area contributed by atoms with Crippen LogP contribution >= 0.6 is 0 Å². The highest BCUT2D eigenvalue weighted by Gasteiger charge is 2.45. The highest BCUT2D eigenvalue weighted by atomic mass is 16.4. The van der Waals surface area contributed by atoms with Crippen LogP contribution in [0.3, 0.4) is 0 Å². The van der Waals surface area contributed by atoms with Crippen LogP contribution in [0.5, 0.6) is 5.75 Å². The van der Waals surface area contributed by atoms with Crippen LogP contribution in [0.25, 0.3) is 0 Å². The third-order valence-corrected chi connectivity index (χ3v) is 7.03. The summed E-state index contributed by atoms with van der Waals surface area (Å²) in [6, 6.07) is 10.4. The number of aromatic hydroxyl groups is 1. The fourth-order valence-electron chi connectivity index (χ4n) is 5.32. The fraction of sp³-hybridized carbons (Fsp3) is 0.560. The second kappa shape index (κ2) is 7.42. The maximum atomic E-state index is 13.1. The Morgan fingerprint density at radius 3 is 2.36 bits per heavy atom. The van der Waals surface area contributed by atoms with Gasteiger partial charge in [0.1, 0.15) is 11.5 Å². The van der Waals surface area contributed by atoms with E-state index in [1.165, 1.54) is 37.7 Å². The summed E-state index contributed by atoms with van der Waals surface area (Å²) < 4.78 is 6.05. The molecule has 1 atom stereocenters. The molecule has 1 N–H and O–H groups in total. The second-order valence-corrected chi connectivity index (χ2v) is 9.18. The third kappa shape index (κ3) is 3.52. The van der Waals surface area contributed by atoms with E-state index in [1.54, 1.807) is 0 Å². The fourth-order valence-corrected chi connectivity index (χ4v) is 5.32. The van der Waals surface area contributed by atoms with Crippen LogP contribution < -0.4 is 5.63 Å². The number of fused-ring (bicyclic) bond motifs is 1. The molecule has 0 spiro atoms. The van der Waals surface area contributed by atoms with E-state index in [0.717, 1.165) is 43.4 Å². The van der Waals surface area contributed by atoms with Crippen LogP contribution in [0.4, 0.5) is 0 Å². The minimum Gasteiger partial charge on any atom is -0.507 e. The van der Waals surface area contributed by atoms with Crippen LogP contribution in [0.1, 0.15) is 85.7 Å². The summed E-state index contributed by atoms with van der Waals surface area (Å²) in [7, 11) is 0. The van der Waals surface area contributed by atoms with E-state index in [-0.39, 0.29) is 23.2 Å². The van der Waals surface area contributed by atoms with Gasteiger partial charge in [-0.05, 0) is 68.8 Å². The van der Waals surface area contributed by atoms with E-state index >= 15 is 0 Å². The Hall–Kier alpha value is -2.03. The Morgan fingerprint density at radius 1 is 0.964 bits per heavy atom. The molecule has 3 aliphatic rings. The van der Waals surface area contributed by atoms with Crippen LogP contribution in [0, 0.1) is 11.8 Å². The Balaban J connectivity index is 1.56. The van der Waals surface area contributed by atoms with Gasteiger partial charge in [0.25, 0.3) is 0 Å². The average molecular weight is 379 g/mol. The Bertz CT molecular complexity index is 878. The normalized spacial score (nSPS) is 22.5. The molecule has 0 aliphatic heterocycles. The predicted octanol–water partition coefficient (Wildman–Crippen LogP) is 5.69. The molecule has 1 aromatic carbocycles. The van der Waals surface area contributed by atoms with Crippen molar-refractivity contribution in [3.05, 3.63) is 63.2 Å². The summed E-state index contributed by atoms with van der Waals surface area (Å²) in [6.45, 7) is 0. The molecule has 0 radical (unpaired) electrons. The van der Waals surface area contributed by atoms with Crippen molar-refractivity contribution in [1.29, 1.82) is 0 Å². The lowest BCUT2D eigenvalue weighted by molar-refractivity contribution is 0.345. The van der Waals surface area contributed by atoms with E-state index in [2.05, 4.69) is 24.3 Å². The maximum absolute atomic E-state index is 13.1. The van der Waals surface area contributed by atoms with Crippen molar-refractivity contribution in [3.63, 3.8) is 0 Å². The van der Waals surface area contributed by atoms with Gasteiger partial charge in [-0.1, -0.05) is 43.2 Å². The van der Waals surface area contributed by atoms with Crippen LogP contribution in [0.15, 0.2) is 39.5 Å². The highest BCUT2D eigenvalue weighted by Crippen LogP contribution is 2.56. The summed E-state index contributed by atoms with van der Waals surface area (Å²) in [5.41, 5.74) is 2.54. The van der Waals surface area contributed by atoms with E-state index < -0.39 is 0 Å². The van der Waals surface area contributed by atoms with Crippen molar-refractivity contribution in [3.8, 4) is 5.75 Å². The Morgan fingerprint density at radius 2 is 1.68 bits per heavy atom. The van der Waals surface area contributed by atoms with Gasteiger partial charge in [0.05, 0.1) is 5.56 Å². The van der Waals surface area contributed by atoms with Gasteiger partial charge in [-0.15, -0.1) is 0 Å². The first-order valence-electron chi connectivity index (χ1n) is 11.1. The predicted molar refractivity (Wildman–Crippen MR) is 110 cm³/mol. The molecule has 0 saturated heterocycles. The molecule has 2 saturated carbocycles. The number of rotatable bonds is 5. The monoisotopic (exact) mass is 378 g/mol. The molecule has 0 bridgehead atoms. The zero-order valence-corrected chi connectivity index (χ0v) is 16.5. The van der Waals surface area contributed by atoms with E-state index in [0.29, 0.717) is 17.4 Å². The summed E-state index contributed by atoms with van der Waals surface area (Å²) in [5.74, 6) is 2.60.